The molecule has 1 aliphatic carbocycles. The summed E-state index contributed by atoms with van der Waals surface area (Å²) in [4.78, 5) is 13.2. The molecule has 0 aromatic heterocycles. The number of carbonyl (C=O) groups is 1. The van der Waals surface area contributed by atoms with Crippen molar-refractivity contribution in [3.05, 3.63) is 63.1 Å². The van der Waals surface area contributed by atoms with E-state index in [9.17, 15) is 4.79 Å². The second-order valence-electron chi connectivity index (χ2n) is 8.57. The van der Waals surface area contributed by atoms with Crippen LogP contribution >= 0.6 is 34.8 Å². The zero-order chi connectivity index (χ0) is 22.0. The molecule has 0 spiro atoms. The fraction of sp³-hybridized carbons (Fsp3) is 0.417. The summed E-state index contributed by atoms with van der Waals surface area (Å²) in [7, 11) is 0. The highest BCUT2D eigenvalue weighted by Crippen LogP contribution is 2.44. The van der Waals surface area contributed by atoms with E-state index in [0.717, 1.165) is 31.2 Å². The third-order valence-corrected chi connectivity index (χ3v) is 7.05. The summed E-state index contributed by atoms with van der Waals surface area (Å²) < 4.78 is 0. The fourth-order valence-corrected chi connectivity index (χ4v) is 5.11. The van der Waals surface area contributed by atoms with E-state index in [2.05, 4.69) is 12.2 Å². The van der Waals surface area contributed by atoms with E-state index < -0.39 is 5.54 Å². The van der Waals surface area contributed by atoms with Gasteiger partial charge in [-0.3, -0.25) is 9.80 Å². The summed E-state index contributed by atoms with van der Waals surface area (Å²) in [6, 6.07) is 13.2. The van der Waals surface area contributed by atoms with E-state index >= 15 is 0 Å². The number of amides is 1. The van der Waals surface area contributed by atoms with Gasteiger partial charge in [-0.15, -0.1) is 0 Å². The second-order valence-corrected chi connectivity index (χ2v) is 9.85. The van der Waals surface area contributed by atoms with Gasteiger partial charge in [0.1, 0.15) is 5.71 Å². The molecule has 2 aromatic carbocycles. The Labute approximate surface area is 198 Å². The van der Waals surface area contributed by atoms with Gasteiger partial charge in [0, 0.05) is 22.5 Å². The molecule has 1 saturated carbocycles. The predicted molar refractivity (Wildman–Crippen MR) is 129 cm³/mol. The SMILES string of the molecule is CC1(c2ccc(Cl)cc2)CC(C(=O)NC2CCCCCC2)=NN1c1ccc(Cl)cc1Cl. The van der Waals surface area contributed by atoms with Crippen LogP contribution in [-0.2, 0) is 10.3 Å². The van der Waals surface area contributed by atoms with Gasteiger partial charge in [0.25, 0.3) is 5.91 Å². The predicted octanol–water partition coefficient (Wildman–Crippen LogP) is 6.97. The van der Waals surface area contributed by atoms with Gasteiger partial charge in [-0.1, -0.05) is 72.6 Å². The summed E-state index contributed by atoms with van der Waals surface area (Å²) in [5.41, 5.74) is 1.63. The smallest absolute Gasteiger partial charge is 0.267 e. The molecule has 2 aromatic rings. The Hall–Kier alpha value is -1.75. The van der Waals surface area contributed by atoms with Crippen LogP contribution in [-0.4, -0.2) is 17.7 Å². The normalized spacial score (nSPS) is 22.2. The van der Waals surface area contributed by atoms with Crippen molar-refractivity contribution in [2.45, 2.75) is 63.5 Å². The van der Waals surface area contributed by atoms with E-state index in [1.165, 1.54) is 12.8 Å². The number of hydrazone groups is 1. The Balaban J connectivity index is 1.67. The standard InChI is InChI=1S/C24H26Cl3N3O/c1-24(16-8-10-17(25)11-9-16)15-21(23(31)28-19-6-4-2-3-5-7-19)29-30(24)22-13-12-18(26)14-20(22)27/h8-14,19H,2-7,15H2,1H3,(H,28,31). The van der Waals surface area contributed by atoms with Crippen LogP contribution in [0.15, 0.2) is 47.6 Å². The number of carbonyl (C=O) groups excluding carboxylic acids is 1. The van der Waals surface area contributed by atoms with Gasteiger partial charge in [-0.25, -0.2) is 0 Å². The number of benzene rings is 2. The van der Waals surface area contributed by atoms with E-state index in [1.54, 1.807) is 12.1 Å². The van der Waals surface area contributed by atoms with Crippen LogP contribution in [0.1, 0.15) is 57.4 Å². The Morgan fingerprint density at radius 1 is 1.00 bits per heavy atom. The van der Waals surface area contributed by atoms with E-state index in [0.29, 0.717) is 32.9 Å². The van der Waals surface area contributed by atoms with Crippen molar-refractivity contribution in [2.75, 3.05) is 5.01 Å². The van der Waals surface area contributed by atoms with Gasteiger partial charge < -0.3 is 5.32 Å². The molecule has 164 valence electrons. The molecule has 31 heavy (non-hydrogen) atoms. The first kappa shape index (κ1) is 22.4. The lowest BCUT2D eigenvalue weighted by atomic mass is 9.86. The zero-order valence-corrected chi connectivity index (χ0v) is 19.8. The third-order valence-electron chi connectivity index (χ3n) is 6.26. The highest BCUT2D eigenvalue weighted by atomic mass is 35.5. The summed E-state index contributed by atoms with van der Waals surface area (Å²) in [6.45, 7) is 2.07. The first-order valence-electron chi connectivity index (χ1n) is 10.8. The van der Waals surface area contributed by atoms with Crippen molar-refractivity contribution >= 4 is 52.1 Å². The minimum Gasteiger partial charge on any atom is -0.348 e. The van der Waals surface area contributed by atoms with Crippen LogP contribution in [0.3, 0.4) is 0 Å². The first-order valence-corrected chi connectivity index (χ1v) is 11.9. The minimum atomic E-state index is -0.585. The fourth-order valence-electron chi connectivity index (χ4n) is 4.49. The van der Waals surface area contributed by atoms with Crippen LogP contribution in [0.2, 0.25) is 15.1 Å². The second kappa shape index (κ2) is 9.40. The molecule has 4 rings (SSSR count). The molecule has 1 aliphatic heterocycles. The Morgan fingerprint density at radius 2 is 1.65 bits per heavy atom. The van der Waals surface area contributed by atoms with Crippen molar-refractivity contribution in [2.24, 2.45) is 5.10 Å². The van der Waals surface area contributed by atoms with Crippen molar-refractivity contribution < 1.29 is 4.79 Å². The number of hydrogen-bond acceptors (Lipinski definition) is 3. The molecule has 1 atom stereocenters. The third kappa shape index (κ3) is 4.87. The summed E-state index contributed by atoms with van der Waals surface area (Å²) in [6.07, 6.45) is 7.32. The lowest BCUT2D eigenvalue weighted by molar-refractivity contribution is -0.115. The van der Waals surface area contributed by atoms with Gasteiger partial charge in [0.05, 0.1) is 16.2 Å². The van der Waals surface area contributed by atoms with E-state index in [1.807, 2.05) is 35.3 Å². The number of anilines is 1. The van der Waals surface area contributed by atoms with E-state index in [-0.39, 0.29) is 11.9 Å². The van der Waals surface area contributed by atoms with Crippen molar-refractivity contribution in [3.63, 3.8) is 0 Å². The monoisotopic (exact) mass is 477 g/mol. The Kier molecular flexibility index (Phi) is 6.80. The first-order chi connectivity index (χ1) is 14.9. The molecular formula is C24H26Cl3N3O. The van der Waals surface area contributed by atoms with E-state index in [4.69, 9.17) is 39.9 Å². The van der Waals surface area contributed by atoms with Crippen LogP contribution in [0.5, 0.6) is 0 Å². The molecule has 1 heterocycles. The minimum absolute atomic E-state index is 0.0975. The number of rotatable bonds is 4. The molecule has 1 amide bonds. The number of hydrogen-bond donors (Lipinski definition) is 1. The van der Waals surface area contributed by atoms with Crippen LogP contribution < -0.4 is 10.3 Å². The summed E-state index contributed by atoms with van der Waals surface area (Å²) in [5, 5.41) is 11.5. The quantitative estimate of drug-likeness (QED) is 0.482. The van der Waals surface area contributed by atoms with Crippen molar-refractivity contribution in [1.29, 1.82) is 0 Å². The number of nitrogens with one attached hydrogen (secondary N) is 1. The topological polar surface area (TPSA) is 44.7 Å². The summed E-state index contributed by atoms with van der Waals surface area (Å²) in [5.74, 6) is -0.0975. The number of halogens is 3. The molecule has 1 fully saturated rings. The lowest BCUT2D eigenvalue weighted by Crippen LogP contribution is -2.40. The Bertz CT molecular complexity index is 984. The highest BCUT2D eigenvalue weighted by Gasteiger charge is 2.43. The average Bonchev–Trinajstić information content (AvgIpc) is 2.91. The zero-order valence-electron chi connectivity index (χ0n) is 17.5. The maximum Gasteiger partial charge on any atom is 0.267 e. The largest absolute Gasteiger partial charge is 0.348 e. The highest BCUT2D eigenvalue weighted by molar-refractivity contribution is 6.40. The lowest BCUT2D eigenvalue weighted by Gasteiger charge is -2.35. The maximum absolute atomic E-state index is 13.2. The van der Waals surface area contributed by atoms with Crippen LogP contribution in [0, 0.1) is 0 Å². The molecule has 4 nitrogen and oxygen atoms in total. The molecule has 0 saturated heterocycles. The molecule has 1 N–H and O–H groups in total. The van der Waals surface area contributed by atoms with Gasteiger partial charge >= 0.3 is 0 Å². The Morgan fingerprint density at radius 3 is 2.29 bits per heavy atom. The van der Waals surface area contributed by atoms with Gasteiger partial charge in [-0.05, 0) is 55.7 Å². The summed E-state index contributed by atoms with van der Waals surface area (Å²) >= 11 is 18.8. The van der Waals surface area contributed by atoms with Gasteiger partial charge in [-0.2, -0.15) is 5.10 Å². The maximum atomic E-state index is 13.2. The molecule has 7 heteroatoms. The molecule has 1 unspecified atom stereocenters. The average molecular weight is 479 g/mol. The van der Waals surface area contributed by atoms with Gasteiger partial charge in [0.15, 0.2) is 0 Å². The van der Waals surface area contributed by atoms with Crippen molar-refractivity contribution in [1.82, 2.24) is 5.32 Å². The number of nitrogens with zero attached hydrogens (tertiary/aromatic N) is 2. The van der Waals surface area contributed by atoms with Crippen molar-refractivity contribution in [3.8, 4) is 0 Å². The van der Waals surface area contributed by atoms with Gasteiger partial charge in [0.2, 0.25) is 0 Å². The van der Waals surface area contributed by atoms with Crippen LogP contribution in [0.4, 0.5) is 5.69 Å². The van der Waals surface area contributed by atoms with Crippen LogP contribution in [0.25, 0.3) is 0 Å². The molecule has 0 radical (unpaired) electrons. The molecule has 0 bridgehead atoms. The molecule has 2 aliphatic rings. The molecular weight excluding hydrogens is 453 g/mol.